The zero-order valence-corrected chi connectivity index (χ0v) is 17.1. The predicted molar refractivity (Wildman–Crippen MR) is 106 cm³/mol. The molecular formula is C20H24F2N2O3S. The Morgan fingerprint density at radius 1 is 1.11 bits per heavy atom. The summed E-state index contributed by atoms with van der Waals surface area (Å²) in [4.78, 5) is 12.6. The Hall–Kier alpha value is -2.48. The molecule has 0 saturated heterocycles. The molecule has 2 aromatic carbocycles. The van der Waals surface area contributed by atoms with Crippen LogP contribution in [0.5, 0.6) is 0 Å². The van der Waals surface area contributed by atoms with Gasteiger partial charge in [0.15, 0.2) is 11.6 Å². The molecule has 0 aromatic heterocycles. The van der Waals surface area contributed by atoms with E-state index in [0.29, 0.717) is 6.42 Å². The summed E-state index contributed by atoms with van der Waals surface area (Å²) < 4.78 is 51.7. The van der Waals surface area contributed by atoms with E-state index in [9.17, 15) is 22.0 Å². The molecule has 0 spiro atoms. The van der Waals surface area contributed by atoms with E-state index in [2.05, 4.69) is 5.32 Å². The van der Waals surface area contributed by atoms with E-state index >= 15 is 0 Å². The number of benzene rings is 2. The maximum absolute atomic E-state index is 13.5. The van der Waals surface area contributed by atoms with Crippen LogP contribution in [0.3, 0.4) is 0 Å². The number of amides is 1. The lowest BCUT2D eigenvalue weighted by Crippen LogP contribution is -2.41. The van der Waals surface area contributed by atoms with Gasteiger partial charge < -0.3 is 5.32 Å². The molecule has 2 aromatic rings. The molecule has 0 heterocycles. The Balaban J connectivity index is 2.24. The summed E-state index contributed by atoms with van der Waals surface area (Å²) in [6.45, 7) is 5.29. The second kappa shape index (κ2) is 8.68. The van der Waals surface area contributed by atoms with Gasteiger partial charge in [-0.1, -0.05) is 30.7 Å². The lowest BCUT2D eigenvalue weighted by Gasteiger charge is -2.25. The number of nitrogens with one attached hydrogen (secondary N) is 1. The van der Waals surface area contributed by atoms with Crippen molar-refractivity contribution in [1.82, 2.24) is 5.32 Å². The molecule has 0 aliphatic carbocycles. The van der Waals surface area contributed by atoms with Gasteiger partial charge in [0.25, 0.3) is 0 Å². The van der Waals surface area contributed by atoms with Crippen molar-refractivity contribution in [2.75, 3.05) is 17.1 Å². The highest BCUT2D eigenvalue weighted by Gasteiger charge is 2.24. The number of aryl methyl sites for hydroxylation is 2. The van der Waals surface area contributed by atoms with Crippen LogP contribution < -0.4 is 9.62 Å². The lowest BCUT2D eigenvalue weighted by molar-refractivity contribution is -0.120. The molecule has 1 N–H and O–H groups in total. The maximum Gasteiger partial charge on any atom is 0.241 e. The van der Waals surface area contributed by atoms with Gasteiger partial charge in [-0.05, 0) is 43.5 Å². The van der Waals surface area contributed by atoms with Crippen molar-refractivity contribution in [3.05, 3.63) is 64.7 Å². The molecule has 1 unspecified atom stereocenters. The van der Waals surface area contributed by atoms with Crippen LogP contribution in [0, 0.1) is 25.5 Å². The van der Waals surface area contributed by atoms with E-state index in [1.807, 2.05) is 39.0 Å². The molecule has 5 nitrogen and oxygen atoms in total. The van der Waals surface area contributed by atoms with E-state index < -0.39 is 34.1 Å². The van der Waals surface area contributed by atoms with Crippen molar-refractivity contribution < 1.29 is 22.0 Å². The highest BCUT2D eigenvalue weighted by Crippen LogP contribution is 2.23. The van der Waals surface area contributed by atoms with Crippen LogP contribution in [-0.2, 0) is 14.8 Å². The fourth-order valence-electron chi connectivity index (χ4n) is 3.03. The predicted octanol–water partition coefficient (Wildman–Crippen LogP) is 3.62. The molecule has 0 aliphatic rings. The summed E-state index contributed by atoms with van der Waals surface area (Å²) in [5.41, 5.74) is 2.95. The van der Waals surface area contributed by atoms with Crippen molar-refractivity contribution in [3.63, 3.8) is 0 Å². The molecule has 152 valence electrons. The molecular weight excluding hydrogens is 386 g/mol. The number of halogens is 2. The van der Waals surface area contributed by atoms with Gasteiger partial charge in [0.2, 0.25) is 15.9 Å². The molecule has 8 heteroatoms. The molecule has 0 radical (unpaired) electrons. The first-order valence-corrected chi connectivity index (χ1v) is 10.7. The first kappa shape index (κ1) is 21.8. The van der Waals surface area contributed by atoms with Crippen LogP contribution in [0.15, 0.2) is 36.4 Å². The molecule has 1 atom stereocenters. The van der Waals surface area contributed by atoms with Gasteiger partial charge in [0.1, 0.15) is 6.54 Å². The summed E-state index contributed by atoms with van der Waals surface area (Å²) in [5.74, 6) is -2.82. The van der Waals surface area contributed by atoms with Gasteiger partial charge in [-0.2, -0.15) is 0 Å². The van der Waals surface area contributed by atoms with Gasteiger partial charge in [-0.25, -0.2) is 17.2 Å². The number of anilines is 1. The Labute approximate surface area is 164 Å². The summed E-state index contributed by atoms with van der Waals surface area (Å²) in [7, 11) is -3.88. The van der Waals surface area contributed by atoms with Crippen LogP contribution in [0.1, 0.15) is 36.1 Å². The van der Waals surface area contributed by atoms with E-state index in [1.165, 1.54) is 0 Å². The van der Waals surface area contributed by atoms with Crippen molar-refractivity contribution in [2.45, 2.75) is 33.2 Å². The monoisotopic (exact) mass is 410 g/mol. The number of carbonyl (C=O) groups excluding carboxylic acids is 1. The highest BCUT2D eigenvalue weighted by molar-refractivity contribution is 7.92. The number of hydrogen-bond donors (Lipinski definition) is 1. The number of rotatable bonds is 7. The Morgan fingerprint density at radius 3 is 2.32 bits per heavy atom. The van der Waals surface area contributed by atoms with Crippen LogP contribution in [0.2, 0.25) is 0 Å². The second-order valence-electron chi connectivity index (χ2n) is 6.76. The molecule has 0 saturated carbocycles. The SMILES string of the molecule is CCC(NC(=O)CN(c1ccc(F)c(F)c1)S(C)(=O)=O)c1ccc(C)cc1C. The normalized spacial score (nSPS) is 12.5. The molecule has 0 fully saturated rings. The average Bonchev–Trinajstić information content (AvgIpc) is 2.59. The second-order valence-corrected chi connectivity index (χ2v) is 8.66. The number of hydrogen-bond acceptors (Lipinski definition) is 3. The number of sulfonamides is 1. The van der Waals surface area contributed by atoms with Crippen molar-refractivity contribution in [1.29, 1.82) is 0 Å². The Kier molecular flexibility index (Phi) is 6.77. The van der Waals surface area contributed by atoms with Crippen molar-refractivity contribution in [3.8, 4) is 0 Å². The fourth-order valence-corrected chi connectivity index (χ4v) is 3.88. The molecule has 2 rings (SSSR count). The first-order chi connectivity index (χ1) is 13.0. The minimum absolute atomic E-state index is 0.115. The quantitative estimate of drug-likeness (QED) is 0.758. The third-order valence-electron chi connectivity index (χ3n) is 4.42. The average molecular weight is 410 g/mol. The highest BCUT2D eigenvalue weighted by atomic mass is 32.2. The van der Waals surface area contributed by atoms with Gasteiger partial charge in [-0.15, -0.1) is 0 Å². The topological polar surface area (TPSA) is 66.5 Å². The molecule has 0 bridgehead atoms. The summed E-state index contributed by atoms with van der Waals surface area (Å²) in [5, 5.41) is 2.83. The van der Waals surface area contributed by atoms with Crippen molar-refractivity contribution in [2.24, 2.45) is 0 Å². The van der Waals surface area contributed by atoms with Gasteiger partial charge in [0.05, 0.1) is 18.0 Å². The molecule has 1 amide bonds. The minimum atomic E-state index is -3.88. The molecule has 0 aliphatic heterocycles. The molecule has 28 heavy (non-hydrogen) atoms. The lowest BCUT2D eigenvalue weighted by atomic mass is 9.97. The standard InChI is InChI=1S/C20H24F2N2O3S/c1-5-19(16-8-6-13(2)10-14(16)3)23-20(25)12-24(28(4,26)27)15-7-9-17(21)18(22)11-15/h6-11,19H,5,12H2,1-4H3,(H,23,25). The van der Waals surface area contributed by atoms with Gasteiger partial charge >= 0.3 is 0 Å². The zero-order valence-electron chi connectivity index (χ0n) is 16.3. The number of carbonyl (C=O) groups is 1. The third-order valence-corrected chi connectivity index (χ3v) is 5.56. The largest absolute Gasteiger partial charge is 0.348 e. The van der Waals surface area contributed by atoms with Crippen LogP contribution in [0.4, 0.5) is 14.5 Å². The third kappa shape index (κ3) is 5.28. The van der Waals surface area contributed by atoms with Crippen molar-refractivity contribution >= 4 is 21.6 Å². The first-order valence-electron chi connectivity index (χ1n) is 8.82. The fraction of sp³-hybridized carbons (Fsp3) is 0.350. The van der Waals surface area contributed by atoms with E-state index in [4.69, 9.17) is 0 Å². The van der Waals surface area contributed by atoms with Crippen LogP contribution in [-0.4, -0.2) is 27.1 Å². The Bertz CT molecular complexity index is 977. The van der Waals surface area contributed by atoms with Gasteiger partial charge in [0, 0.05) is 6.07 Å². The zero-order chi connectivity index (χ0) is 21.1. The van der Waals surface area contributed by atoms with E-state index in [1.54, 1.807) is 0 Å². The van der Waals surface area contributed by atoms with Crippen LogP contribution >= 0.6 is 0 Å². The summed E-state index contributed by atoms with van der Waals surface area (Å²) in [6.07, 6.45) is 1.52. The van der Waals surface area contributed by atoms with E-state index in [0.717, 1.165) is 45.5 Å². The smallest absolute Gasteiger partial charge is 0.241 e. The van der Waals surface area contributed by atoms with Gasteiger partial charge in [-0.3, -0.25) is 9.10 Å². The Morgan fingerprint density at radius 2 is 1.79 bits per heavy atom. The van der Waals surface area contributed by atoms with Crippen LogP contribution in [0.25, 0.3) is 0 Å². The summed E-state index contributed by atoms with van der Waals surface area (Å²) >= 11 is 0. The minimum Gasteiger partial charge on any atom is -0.348 e. The summed E-state index contributed by atoms with van der Waals surface area (Å²) in [6, 6.07) is 8.29. The maximum atomic E-state index is 13.5. The van der Waals surface area contributed by atoms with E-state index in [-0.39, 0.29) is 11.7 Å². The number of nitrogens with zero attached hydrogens (tertiary/aromatic N) is 1.